The topological polar surface area (TPSA) is 54.7 Å². The second-order valence-corrected chi connectivity index (χ2v) is 4.24. The Morgan fingerprint density at radius 3 is 2.93 bits per heavy atom. The van der Waals surface area contributed by atoms with Crippen molar-refractivity contribution < 1.29 is 0 Å². The van der Waals surface area contributed by atoms with E-state index in [1.807, 2.05) is 24.3 Å². The Labute approximate surface area is 96.8 Å². The van der Waals surface area contributed by atoms with E-state index in [9.17, 15) is 0 Å². The molecule has 0 saturated heterocycles. The maximum atomic E-state index is 5.77. The Morgan fingerprint density at radius 1 is 1.47 bits per heavy atom. The lowest BCUT2D eigenvalue weighted by Crippen LogP contribution is -1.90. The Balaban J connectivity index is 2.54. The normalized spacial score (nSPS) is 10.5. The van der Waals surface area contributed by atoms with Crippen LogP contribution >= 0.6 is 15.9 Å². The molecule has 1 aromatic carbocycles. The molecule has 78 valence electrons. The van der Waals surface area contributed by atoms with Crippen molar-refractivity contribution in [1.29, 1.82) is 0 Å². The molecule has 0 saturated carbocycles. The van der Waals surface area contributed by atoms with Gasteiger partial charge in [0.2, 0.25) is 0 Å². The third kappa shape index (κ3) is 1.90. The van der Waals surface area contributed by atoms with E-state index < -0.39 is 0 Å². The molecule has 0 radical (unpaired) electrons. The largest absolute Gasteiger partial charge is 0.382 e. The Bertz CT molecular complexity index is 476. The number of nitrogens with one attached hydrogen (secondary N) is 1. The van der Waals surface area contributed by atoms with Gasteiger partial charge in [0, 0.05) is 15.6 Å². The predicted octanol–water partition coefficient (Wildman–Crippen LogP) is 2.98. The van der Waals surface area contributed by atoms with Crippen LogP contribution in [0.25, 0.3) is 11.3 Å². The summed E-state index contributed by atoms with van der Waals surface area (Å²) in [5.41, 5.74) is 8.96. The van der Waals surface area contributed by atoms with Crippen LogP contribution in [-0.4, -0.2) is 10.2 Å². The second kappa shape index (κ2) is 4.06. The van der Waals surface area contributed by atoms with E-state index in [2.05, 4.69) is 33.1 Å². The summed E-state index contributed by atoms with van der Waals surface area (Å²) in [7, 11) is 0. The van der Waals surface area contributed by atoms with Gasteiger partial charge in [-0.05, 0) is 18.6 Å². The molecule has 15 heavy (non-hydrogen) atoms. The molecular weight excluding hydrogens is 254 g/mol. The lowest BCUT2D eigenvalue weighted by atomic mass is 10.1. The SMILES string of the molecule is CCc1c(N)n[nH]c1-c1cccc(Br)c1. The van der Waals surface area contributed by atoms with Gasteiger partial charge in [-0.2, -0.15) is 5.10 Å². The molecule has 0 aliphatic carbocycles. The van der Waals surface area contributed by atoms with E-state index >= 15 is 0 Å². The Morgan fingerprint density at radius 2 is 2.27 bits per heavy atom. The molecule has 3 nitrogen and oxygen atoms in total. The minimum absolute atomic E-state index is 0.590. The lowest BCUT2D eigenvalue weighted by Gasteiger charge is -2.02. The first kappa shape index (κ1) is 10.2. The number of nitrogens with two attached hydrogens (primary N) is 1. The number of aromatic nitrogens is 2. The van der Waals surface area contributed by atoms with Crippen molar-refractivity contribution in [1.82, 2.24) is 10.2 Å². The first-order valence-corrected chi connectivity index (χ1v) is 5.60. The van der Waals surface area contributed by atoms with Gasteiger partial charge in [-0.3, -0.25) is 5.10 Å². The molecule has 1 heterocycles. The van der Waals surface area contributed by atoms with Crippen molar-refractivity contribution in [3.63, 3.8) is 0 Å². The van der Waals surface area contributed by atoms with Crippen molar-refractivity contribution in [3.05, 3.63) is 34.3 Å². The lowest BCUT2D eigenvalue weighted by molar-refractivity contribution is 1.10. The number of aromatic amines is 1. The van der Waals surface area contributed by atoms with E-state index in [1.54, 1.807) is 0 Å². The molecule has 0 aliphatic rings. The van der Waals surface area contributed by atoms with Crippen LogP contribution in [0.15, 0.2) is 28.7 Å². The highest BCUT2D eigenvalue weighted by atomic mass is 79.9. The highest BCUT2D eigenvalue weighted by molar-refractivity contribution is 9.10. The fraction of sp³-hybridized carbons (Fsp3) is 0.182. The number of benzene rings is 1. The average Bonchev–Trinajstić information content (AvgIpc) is 2.59. The molecular formula is C11H12BrN3. The summed E-state index contributed by atoms with van der Waals surface area (Å²) in [6.45, 7) is 2.07. The van der Waals surface area contributed by atoms with Gasteiger partial charge in [-0.15, -0.1) is 0 Å². The van der Waals surface area contributed by atoms with E-state index in [0.717, 1.165) is 27.7 Å². The van der Waals surface area contributed by atoms with Crippen LogP contribution < -0.4 is 5.73 Å². The summed E-state index contributed by atoms with van der Waals surface area (Å²) in [5, 5.41) is 7.00. The van der Waals surface area contributed by atoms with Gasteiger partial charge in [-0.25, -0.2) is 0 Å². The fourth-order valence-corrected chi connectivity index (χ4v) is 2.02. The number of hydrogen-bond acceptors (Lipinski definition) is 2. The van der Waals surface area contributed by atoms with Crippen LogP contribution in [0.5, 0.6) is 0 Å². The summed E-state index contributed by atoms with van der Waals surface area (Å²) in [4.78, 5) is 0. The zero-order chi connectivity index (χ0) is 10.8. The zero-order valence-electron chi connectivity index (χ0n) is 8.42. The standard InChI is InChI=1S/C11H12BrN3/c1-2-9-10(14-15-11(9)13)7-4-3-5-8(12)6-7/h3-6H,2H2,1H3,(H3,13,14,15). The van der Waals surface area contributed by atoms with Crippen LogP contribution in [0, 0.1) is 0 Å². The van der Waals surface area contributed by atoms with Crippen LogP contribution in [0.2, 0.25) is 0 Å². The molecule has 0 unspecified atom stereocenters. The van der Waals surface area contributed by atoms with E-state index in [4.69, 9.17) is 5.73 Å². The van der Waals surface area contributed by atoms with Gasteiger partial charge in [0.05, 0.1) is 5.69 Å². The molecule has 0 amide bonds. The van der Waals surface area contributed by atoms with Crippen LogP contribution in [0.4, 0.5) is 5.82 Å². The molecule has 2 aromatic rings. The van der Waals surface area contributed by atoms with E-state index in [1.165, 1.54) is 0 Å². The number of rotatable bonds is 2. The van der Waals surface area contributed by atoms with Gasteiger partial charge in [-0.1, -0.05) is 35.0 Å². The predicted molar refractivity (Wildman–Crippen MR) is 65.5 cm³/mol. The van der Waals surface area contributed by atoms with Gasteiger partial charge >= 0.3 is 0 Å². The minimum atomic E-state index is 0.590. The molecule has 0 fully saturated rings. The Kier molecular flexibility index (Phi) is 2.77. The minimum Gasteiger partial charge on any atom is -0.382 e. The number of hydrogen-bond donors (Lipinski definition) is 2. The molecule has 1 aromatic heterocycles. The number of nitrogen functional groups attached to an aromatic ring is 1. The maximum Gasteiger partial charge on any atom is 0.149 e. The molecule has 0 aliphatic heterocycles. The van der Waals surface area contributed by atoms with Crippen molar-refractivity contribution >= 4 is 21.7 Å². The summed E-state index contributed by atoms with van der Waals surface area (Å²) in [6.07, 6.45) is 0.879. The van der Waals surface area contributed by atoms with Crippen molar-refractivity contribution in [3.8, 4) is 11.3 Å². The van der Waals surface area contributed by atoms with Gasteiger partial charge in [0.1, 0.15) is 5.82 Å². The van der Waals surface area contributed by atoms with Crippen molar-refractivity contribution in [2.75, 3.05) is 5.73 Å². The number of nitrogens with zero attached hydrogens (tertiary/aromatic N) is 1. The molecule has 2 rings (SSSR count). The van der Waals surface area contributed by atoms with Crippen molar-refractivity contribution in [2.24, 2.45) is 0 Å². The van der Waals surface area contributed by atoms with Crippen molar-refractivity contribution in [2.45, 2.75) is 13.3 Å². The number of anilines is 1. The maximum absolute atomic E-state index is 5.77. The highest BCUT2D eigenvalue weighted by Crippen LogP contribution is 2.27. The molecule has 0 atom stereocenters. The van der Waals surface area contributed by atoms with Gasteiger partial charge in [0.25, 0.3) is 0 Å². The molecule has 0 bridgehead atoms. The van der Waals surface area contributed by atoms with Crippen LogP contribution in [0.3, 0.4) is 0 Å². The van der Waals surface area contributed by atoms with Gasteiger partial charge in [0.15, 0.2) is 0 Å². The zero-order valence-corrected chi connectivity index (χ0v) is 10.0. The molecule has 4 heteroatoms. The van der Waals surface area contributed by atoms with Gasteiger partial charge < -0.3 is 5.73 Å². The summed E-state index contributed by atoms with van der Waals surface area (Å²) in [5.74, 6) is 0.590. The second-order valence-electron chi connectivity index (χ2n) is 3.33. The smallest absolute Gasteiger partial charge is 0.149 e. The summed E-state index contributed by atoms with van der Waals surface area (Å²) >= 11 is 3.45. The quantitative estimate of drug-likeness (QED) is 0.877. The number of H-pyrrole nitrogens is 1. The monoisotopic (exact) mass is 265 g/mol. The first-order valence-electron chi connectivity index (χ1n) is 4.81. The average molecular weight is 266 g/mol. The fourth-order valence-electron chi connectivity index (χ4n) is 1.62. The van der Waals surface area contributed by atoms with Crippen LogP contribution in [0.1, 0.15) is 12.5 Å². The summed E-state index contributed by atoms with van der Waals surface area (Å²) in [6, 6.07) is 8.08. The third-order valence-electron chi connectivity index (χ3n) is 2.37. The Hall–Kier alpha value is -1.29. The molecule has 0 spiro atoms. The third-order valence-corrected chi connectivity index (χ3v) is 2.86. The van der Waals surface area contributed by atoms with Crippen LogP contribution in [-0.2, 0) is 6.42 Å². The van der Waals surface area contributed by atoms with E-state index in [-0.39, 0.29) is 0 Å². The van der Waals surface area contributed by atoms with E-state index in [0.29, 0.717) is 5.82 Å². The number of halogens is 1. The summed E-state index contributed by atoms with van der Waals surface area (Å²) < 4.78 is 1.05. The molecule has 3 N–H and O–H groups in total. The first-order chi connectivity index (χ1) is 7.22. The highest BCUT2D eigenvalue weighted by Gasteiger charge is 2.10.